The van der Waals surface area contributed by atoms with E-state index in [9.17, 15) is 9.59 Å². The van der Waals surface area contributed by atoms with Crippen LogP contribution in [0.15, 0.2) is 18.2 Å². The summed E-state index contributed by atoms with van der Waals surface area (Å²) >= 11 is 0. The normalized spacial score (nSPS) is 14.2. The summed E-state index contributed by atoms with van der Waals surface area (Å²) in [5.74, 6) is 0.425. The van der Waals surface area contributed by atoms with Crippen LogP contribution in [0, 0.1) is 5.92 Å². The average Bonchev–Trinajstić information content (AvgIpc) is 2.88. The number of fused-ring (bicyclic) bond motifs is 1. The molecule has 2 rings (SSSR count). The molecule has 1 aliphatic rings. The van der Waals surface area contributed by atoms with Gasteiger partial charge in [-0.25, -0.2) is 0 Å². The molecule has 5 nitrogen and oxygen atoms in total. The van der Waals surface area contributed by atoms with Crippen molar-refractivity contribution < 1.29 is 9.59 Å². The van der Waals surface area contributed by atoms with Crippen molar-refractivity contribution in [3.8, 4) is 0 Å². The first-order chi connectivity index (χ1) is 10.4. The van der Waals surface area contributed by atoms with Crippen LogP contribution in [0.2, 0.25) is 0 Å². The number of carbonyl (C=O) groups excluding carboxylic acids is 2. The minimum Gasteiger partial charge on any atom is -0.348 e. The first kappa shape index (κ1) is 19.5. The summed E-state index contributed by atoms with van der Waals surface area (Å²) in [4.78, 5) is 25.7. The Bertz CT molecular complexity index is 575. The molecule has 1 aromatic rings. The zero-order valence-corrected chi connectivity index (χ0v) is 14.8. The van der Waals surface area contributed by atoms with Gasteiger partial charge in [0.1, 0.15) is 0 Å². The standard InChI is InChI=1S/C17H25N3O2.ClH/c1-11(2)8-15(10-18)19-17(22)14-4-5-16-13(9-14)6-7-20(16)12(3)21;/h4-5,9,11,15H,6-8,10,18H2,1-3H3,(H,19,22);1H. The molecule has 0 saturated carbocycles. The highest BCUT2D eigenvalue weighted by Gasteiger charge is 2.23. The highest BCUT2D eigenvalue weighted by Crippen LogP contribution is 2.28. The molecule has 3 N–H and O–H groups in total. The van der Waals surface area contributed by atoms with Crippen LogP contribution >= 0.6 is 12.4 Å². The second-order valence-electron chi connectivity index (χ2n) is 6.30. The number of nitrogens with one attached hydrogen (secondary N) is 1. The average molecular weight is 340 g/mol. The zero-order chi connectivity index (χ0) is 16.3. The summed E-state index contributed by atoms with van der Waals surface area (Å²) in [7, 11) is 0. The predicted molar refractivity (Wildman–Crippen MR) is 95.2 cm³/mol. The molecule has 0 spiro atoms. The van der Waals surface area contributed by atoms with Gasteiger partial charge in [0.05, 0.1) is 0 Å². The van der Waals surface area contributed by atoms with E-state index in [2.05, 4.69) is 19.2 Å². The molecular weight excluding hydrogens is 314 g/mol. The molecule has 128 valence electrons. The Morgan fingerprint density at radius 3 is 2.61 bits per heavy atom. The van der Waals surface area contributed by atoms with Gasteiger partial charge in [-0.1, -0.05) is 13.8 Å². The number of hydrogen-bond donors (Lipinski definition) is 2. The molecule has 1 heterocycles. The van der Waals surface area contributed by atoms with E-state index in [1.165, 1.54) is 0 Å². The van der Waals surface area contributed by atoms with Crippen molar-refractivity contribution in [2.75, 3.05) is 18.0 Å². The Kier molecular flexibility index (Phi) is 7.03. The van der Waals surface area contributed by atoms with Crippen molar-refractivity contribution in [2.24, 2.45) is 11.7 Å². The number of nitrogens with two attached hydrogens (primary N) is 1. The van der Waals surface area contributed by atoms with Crippen LogP contribution < -0.4 is 16.0 Å². The largest absolute Gasteiger partial charge is 0.348 e. The fourth-order valence-corrected chi connectivity index (χ4v) is 2.92. The van der Waals surface area contributed by atoms with E-state index in [0.29, 0.717) is 24.6 Å². The summed E-state index contributed by atoms with van der Waals surface area (Å²) in [6.45, 7) is 6.91. The number of amides is 2. The van der Waals surface area contributed by atoms with E-state index in [1.54, 1.807) is 17.9 Å². The molecule has 2 amide bonds. The molecule has 23 heavy (non-hydrogen) atoms. The van der Waals surface area contributed by atoms with Gasteiger partial charge in [0.25, 0.3) is 5.91 Å². The van der Waals surface area contributed by atoms with Crippen molar-refractivity contribution in [3.63, 3.8) is 0 Å². The minimum atomic E-state index is -0.0971. The molecule has 0 saturated heterocycles. The third kappa shape index (κ3) is 4.69. The van der Waals surface area contributed by atoms with Crippen molar-refractivity contribution >= 4 is 29.9 Å². The fourth-order valence-electron chi connectivity index (χ4n) is 2.92. The molecular formula is C17H26ClN3O2. The van der Waals surface area contributed by atoms with E-state index in [-0.39, 0.29) is 30.3 Å². The third-order valence-electron chi connectivity index (χ3n) is 3.99. The lowest BCUT2D eigenvalue weighted by Gasteiger charge is -2.19. The maximum atomic E-state index is 12.4. The summed E-state index contributed by atoms with van der Waals surface area (Å²) in [6.07, 6.45) is 1.66. The second kappa shape index (κ2) is 8.31. The topological polar surface area (TPSA) is 75.4 Å². The molecule has 6 heteroatoms. The van der Waals surface area contributed by atoms with Crippen LogP contribution in [-0.2, 0) is 11.2 Å². The zero-order valence-electron chi connectivity index (χ0n) is 14.0. The summed E-state index contributed by atoms with van der Waals surface area (Å²) < 4.78 is 0. The van der Waals surface area contributed by atoms with Gasteiger partial charge < -0.3 is 16.0 Å². The van der Waals surface area contributed by atoms with Crippen molar-refractivity contribution in [1.29, 1.82) is 0 Å². The molecule has 0 aliphatic carbocycles. The lowest BCUT2D eigenvalue weighted by molar-refractivity contribution is -0.116. The lowest BCUT2D eigenvalue weighted by atomic mass is 10.0. The van der Waals surface area contributed by atoms with Gasteiger partial charge in [-0.15, -0.1) is 12.4 Å². The Labute approximate surface area is 144 Å². The highest BCUT2D eigenvalue weighted by atomic mass is 35.5. The van der Waals surface area contributed by atoms with Gasteiger partial charge in [0.2, 0.25) is 5.91 Å². The molecule has 1 unspecified atom stereocenters. The van der Waals surface area contributed by atoms with E-state index in [0.717, 1.165) is 24.1 Å². The van der Waals surface area contributed by atoms with Gasteiger partial charge in [-0.3, -0.25) is 9.59 Å². The molecule has 0 bridgehead atoms. The Morgan fingerprint density at radius 2 is 2.04 bits per heavy atom. The van der Waals surface area contributed by atoms with E-state index < -0.39 is 0 Å². The third-order valence-corrected chi connectivity index (χ3v) is 3.99. The predicted octanol–water partition coefficient (Wildman–Crippen LogP) is 2.12. The van der Waals surface area contributed by atoms with E-state index >= 15 is 0 Å². The van der Waals surface area contributed by atoms with Gasteiger partial charge in [0, 0.05) is 37.3 Å². The number of benzene rings is 1. The highest BCUT2D eigenvalue weighted by molar-refractivity contribution is 5.98. The quantitative estimate of drug-likeness (QED) is 0.862. The lowest BCUT2D eigenvalue weighted by Crippen LogP contribution is -2.41. The molecule has 1 aliphatic heterocycles. The Morgan fingerprint density at radius 1 is 1.35 bits per heavy atom. The van der Waals surface area contributed by atoms with Crippen LogP contribution in [0.3, 0.4) is 0 Å². The number of carbonyl (C=O) groups is 2. The summed E-state index contributed by atoms with van der Waals surface area (Å²) in [5.41, 5.74) is 8.33. The summed E-state index contributed by atoms with van der Waals surface area (Å²) in [6, 6.07) is 5.52. The van der Waals surface area contributed by atoms with Crippen LogP contribution in [0.25, 0.3) is 0 Å². The van der Waals surface area contributed by atoms with E-state index in [1.807, 2.05) is 12.1 Å². The molecule has 0 radical (unpaired) electrons. The second-order valence-corrected chi connectivity index (χ2v) is 6.30. The molecule has 1 atom stereocenters. The van der Waals surface area contributed by atoms with Gasteiger partial charge in [0.15, 0.2) is 0 Å². The maximum absolute atomic E-state index is 12.4. The minimum absolute atomic E-state index is 0. The number of anilines is 1. The van der Waals surface area contributed by atoms with Crippen molar-refractivity contribution in [1.82, 2.24) is 5.32 Å². The van der Waals surface area contributed by atoms with Gasteiger partial charge >= 0.3 is 0 Å². The van der Waals surface area contributed by atoms with Crippen LogP contribution in [-0.4, -0.2) is 30.9 Å². The first-order valence-corrected chi connectivity index (χ1v) is 7.84. The fraction of sp³-hybridized carbons (Fsp3) is 0.529. The molecule has 0 aromatic heterocycles. The van der Waals surface area contributed by atoms with Crippen LogP contribution in [0.1, 0.15) is 43.1 Å². The first-order valence-electron chi connectivity index (χ1n) is 7.84. The monoisotopic (exact) mass is 339 g/mol. The van der Waals surface area contributed by atoms with E-state index in [4.69, 9.17) is 5.73 Å². The van der Waals surface area contributed by atoms with Crippen LogP contribution in [0.4, 0.5) is 5.69 Å². The number of nitrogens with zero attached hydrogens (tertiary/aromatic N) is 1. The SMILES string of the molecule is CC(=O)N1CCc2cc(C(=O)NC(CN)CC(C)C)ccc21.Cl. The molecule has 0 fully saturated rings. The smallest absolute Gasteiger partial charge is 0.251 e. The number of rotatable bonds is 5. The molecule has 1 aromatic carbocycles. The Hall–Kier alpha value is -1.59. The summed E-state index contributed by atoms with van der Waals surface area (Å²) in [5, 5.41) is 2.99. The maximum Gasteiger partial charge on any atom is 0.251 e. The van der Waals surface area contributed by atoms with Crippen molar-refractivity contribution in [3.05, 3.63) is 29.3 Å². The number of hydrogen-bond acceptors (Lipinski definition) is 3. The van der Waals surface area contributed by atoms with Crippen molar-refractivity contribution in [2.45, 2.75) is 39.7 Å². The van der Waals surface area contributed by atoms with Gasteiger partial charge in [-0.2, -0.15) is 0 Å². The van der Waals surface area contributed by atoms with Gasteiger partial charge in [-0.05, 0) is 42.5 Å². The Balaban J connectivity index is 0.00000264. The number of halogens is 1. The van der Waals surface area contributed by atoms with Crippen LogP contribution in [0.5, 0.6) is 0 Å².